The zero-order valence-electron chi connectivity index (χ0n) is 43.0. The van der Waals surface area contributed by atoms with Crippen LogP contribution in [0, 0.1) is 0 Å². The summed E-state index contributed by atoms with van der Waals surface area (Å²) in [5, 5.41) is 11.7. The summed E-state index contributed by atoms with van der Waals surface area (Å²) in [7, 11) is 0. The van der Waals surface area contributed by atoms with E-state index in [1.165, 1.54) is 77.2 Å². The minimum atomic E-state index is -0.309. The number of rotatable bonds is 4. The van der Waals surface area contributed by atoms with Crippen LogP contribution >= 0.6 is 0 Å². The molecule has 0 aliphatic heterocycles. The quantitative estimate of drug-likeness (QED) is 0.176. The lowest BCUT2D eigenvalue weighted by molar-refractivity contribution is 0.656. The fraction of sp³-hybridized carbons (Fsp3) is 0.0811. The SMILES string of the molecule is CC1(C)c2cc3c(cc2-c2c1cc(-c1cccc4c1oc1c(-c5ccccc5)cccc14)c1ccccc21)oc1cc2c(cc13)C(C)(C)c1cc(-c3cccc4c3oc3c(-c5ccccc5)cccc34)c3ccccc3c1-2. The van der Waals surface area contributed by atoms with Crippen molar-refractivity contribution in [2.24, 2.45) is 0 Å². The van der Waals surface area contributed by atoms with Gasteiger partial charge in [0.2, 0.25) is 0 Å². The molecular weight excluding hydrogens is 937 g/mol. The van der Waals surface area contributed by atoms with Crippen LogP contribution in [-0.4, -0.2) is 0 Å². The van der Waals surface area contributed by atoms with Gasteiger partial charge in [-0.05, 0) is 125 Å². The number of furan rings is 3. The molecule has 0 saturated heterocycles. The molecule has 0 N–H and O–H groups in total. The molecule has 0 spiro atoms. The van der Waals surface area contributed by atoms with E-state index in [1.54, 1.807) is 0 Å². The van der Waals surface area contributed by atoms with Crippen molar-refractivity contribution in [2.45, 2.75) is 38.5 Å². The number of fused-ring (bicyclic) bond motifs is 19. The summed E-state index contributed by atoms with van der Waals surface area (Å²) in [6.07, 6.45) is 0. The molecule has 3 aromatic heterocycles. The second-order valence-electron chi connectivity index (χ2n) is 22.6. The molecule has 0 bridgehead atoms. The molecule has 0 fully saturated rings. The summed E-state index contributed by atoms with van der Waals surface area (Å²) < 4.78 is 21.1. The van der Waals surface area contributed by atoms with Crippen LogP contribution in [-0.2, 0) is 10.8 Å². The van der Waals surface area contributed by atoms with Crippen LogP contribution in [0.15, 0.2) is 232 Å². The zero-order valence-corrected chi connectivity index (χ0v) is 43.0. The van der Waals surface area contributed by atoms with Gasteiger partial charge in [-0.3, -0.25) is 0 Å². The van der Waals surface area contributed by atoms with Crippen LogP contribution in [0.1, 0.15) is 49.9 Å². The molecule has 0 unspecified atom stereocenters. The minimum absolute atomic E-state index is 0.309. The van der Waals surface area contributed by atoms with Crippen LogP contribution in [0.3, 0.4) is 0 Å². The standard InChI is InChI=1S/C74H48O3/c1-73(2)61-37-57-58-38-62-60(68-48-26-14-12-24-46(48)56(36-64(68)74(62,3)4)54-34-18-32-52-50-30-16-28-44(70(50)77-72(52)54)42-21-9-6-10-22-42)40-66(58)75-65(57)39-59(61)67-47-25-13-11-23-45(47)55(35-63(67)73)53-33-17-31-51-49-29-15-27-43(69(49)76-71(51)53)41-19-7-5-8-20-41/h5-40H,1-4H3. The average molecular weight is 985 g/mol. The molecule has 0 radical (unpaired) electrons. The maximum absolute atomic E-state index is 7.09. The van der Waals surface area contributed by atoms with Crippen molar-refractivity contribution in [3.05, 3.63) is 241 Å². The minimum Gasteiger partial charge on any atom is -0.456 e. The molecular formula is C74H48O3. The second-order valence-corrected chi connectivity index (χ2v) is 22.6. The Kier molecular flexibility index (Phi) is 8.42. The summed E-state index contributed by atoms with van der Waals surface area (Å²) in [5.74, 6) is 0. The Morgan fingerprint density at radius 3 is 0.974 bits per heavy atom. The Labute approximate surface area is 444 Å². The van der Waals surface area contributed by atoms with Crippen molar-refractivity contribution >= 4 is 87.4 Å². The summed E-state index contributed by atoms with van der Waals surface area (Å²) in [6, 6.07) is 79.7. The Balaban J connectivity index is 0.820. The Hall–Kier alpha value is -9.44. The van der Waals surface area contributed by atoms with Crippen molar-refractivity contribution in [1.82, 2.24) is 0 Å². The van der Waals surface area contributed by atoms with E-state index >= 15 is 0 Å². The van der Waals surface area contributed by atoms with Crippen LogP contribution in [0.5, 0.6) is 0 Å². The van der Waals surface area contributed by atoms with Crippen molar-refractivity contribution in [2.75, 3.05) is 0 Å². The molecule has 0 atom stereocenters. The molecule has 0 saturated carbocycles. The largest absolute Gasteiger partial charge is 0.456 e. The van der Waals surface area contributed by atoms with Gasteiger partial charge in [0.15, 0.2) is 0 Å². The van der Waals surface area contributed by atoms with Gasteiger partial charge < -0.3 is 13.3 Å². The first kappa shape index (κ1) is 42.9. The molecule has 362 valence electrons. The molecule has 3 heterocycles. The fourth-order valence-corrected chi connectivity index (χ4v) is 14.1. The Bertz CT molecular complexity index is 4760. The first-order chi connectivity index (χ1) is 37.7. The summed E-state index contributed by atoms with van der Waals surface area (Å²) >= 11 is 0. The number of hydrogen-bond acceptors (Lipinski definition) is 3. The second kappa shape index (κ2) is 15.1. The highest BCUT2D eigenvalue weighted by Crippen LogP contribution is 2.58. The predicted molar refractivity (Wildman–Crippen MR) is 320 cm³/mol. The maximum Gasteiger partial charge on any atom is 0.143 e. The van der Waals surface area contributed by atoms with E-state index < -0.39 is 0 Å². The normalized spacial score (nSPS) is 14.2. The third-order valence-corrected chi connectivity index (χ3v) is 17.9. The van der Waals surface area contributed by atoms with Crippen molar-refractivity contribution in [1.29, 1.82) is 0 Å². The van der Waals surface area contributed by atoms with E-state index in [0.29, 0.717) is 0 Å². The summed E-state index contributed by atoms with van der Waals surface area (Å²) in [5.41, 5.74) is 24.2. The smallest absolute Gasteiger partial charge is 0.143 e. The third kappa shape index (κ3) is 5.70. The molecule has 3 nitrogen and oxygen atoms in total. The average Bonchev–Trinajstić information content (AvgIpc) is 4.46. The first-order valence-corrected chi connectivity index (χ1v) is 26.9. The van der Waals surface area contributed by atoms with Crippen LogP contribution < -0.4 is 0 Å². The lowest BCUT2D eigenvalue weighted by Crippen LogP contribution is -2.15. The van der Waals surface area contributed by atoms with Crippen LogP contribution in [0.2, 0.25) is 0 Å². The zero-order chi connectivity index (χ0) is 51.1. The van der Waals surface area contributed by atoms with Crippen LogP contribution in [0.25, 0.3) is 154 Å². The van der Waals surface area contributed by atoms with Gasteiger partial charge in [0, 0.05) is 65.4 Å². The highest BCUT2D eigenvalue weighted by molar-refractivity contribution is 6.20. The van der Waals surface area contributed by atoms with Gasteiger partial charge in [0.25, 0.3) is 0 Å². The number of para-hydroxylation sites is 4. The van der Waals surface area contributed by atoms with Gasteiger partial charge >= 0.3 is 0 Å². The van der Waals surface area contributed by atoms with Gasteiger partial charge in [0.1, 0.15) is 33.5 Å². The summed E-state index contributed by atoms with van der Waals surface area (Å²) in [6.45, 7) is 9.58. The molecule has 15 aromatic rings. The maximum atomic E-state index is 7.09. The van der Waals surface area contributed by atoms with Gasteiger partial charge in [0.05, 0.1) is 0 Å². The Morgan fingerprint density at radius 2 is 0.571 bits per heavy atom. The fourth-order valence-electron chi connectivity index (χ4n) is 14.1. The number of benzene rings is 12. The van der Waals surface area contributed by atoms with Gasteiger partial charge in [-0.15, -0.1) is 0 Å². The lowest BCUT2D eigenvalue weighted by atomic mass is 9.79. The molecule has 2 aliphatic rings. The van der Waals surface area contributed by atoms with Crippen molar-refractivity contribution < 1.29 is 13.3 Å². The van der Waals surface area contributed by atoms with E-state index in [4.69, 9.17) is 13.3 Å². The van der Waals surface area contributed by atoms with Crippen molar-refractivity contribution in [3.8, 4) is 66.8 Å². The molecule has 17 rings (SSSR count). The van der Waals surface area contributed by atoms with E-state index in [1.807, 2.05) is 0 Å². The monoisotopic (exact) mass is 984 g/mol. The summed E-state index contributed by atoms with van der Waals surface area (Å²) in [4.78, 5) is 0. The lowest BCUT2D eigenvalue weighted by Gasteiger charge is -2.23. The number of hydrogen-bond donors (Lipinski definition) is 0. The van der Waals surface area contributed by atoms with Gasteiger partial charge in [-0.2, -0.15) is 0 Å². The van der Waals surface area contributed by atoms with Crippen LogP contribution in [0.4, 0.5) is 0 Å². The van der Waals surface area contributed by atoms with Gasteiger partial charge in [-0.1, -0.05) is 210 Å². The highest BCUT2D eigenvalue weighted by Gasteiger charge is 2.41. The predicted octanol–water partition coefficient (Wildman–Crippen LogP) is 21.0. The first-order valence-electron chi connectivity index (χ1n) is 26.9. The third-order valence-electron chi connectivity index (χ3n) is 17.9. The molecule has 12 aromatic carbocycles. The molecule has 0 amide bonds. The van der Waals surface area contributed by atoms with Crippen molar-refractivity contribution in [3.63, 3.8) is 0 Å². The topological polar surface area (TPSA) is 39.4 Å². The van der Waals surface area contributed by atoms with Gasteiger partial charge in [-0.25, -0.2) is 0 Å². The molecule has 77 heavy (non-hydrogen) atoms. The Morgan fingerprint density at radius 1 is 0.234 bits per heavy atom. The van der Waals surface area contributed by atoms with E-state index in [2.05, 4.69) is 246 Å². The van der Waals surface area contributed by atoms with E-state index in [0.717, 1.165) is 99.2 Å². The van der Waals surface area contributed by atoms with E-state index in [-0.39, 0.29) is 10.8 Å². The van der Waals surface area contributed by atoms with E-state index in [9.17, 15) is 0 Å². The highest BCUT2D eigenvalue weighted by atomic mass is 16.3. The molecule has 3 heteroatoms. The molecule has 2 aliphatic carbocycles.